The number of hydrogen-bond donors (Lipinski definition) is 1. The smallest absolute Gasteiger partial charge is 0.178 e. The van der Waals surface area contributed by atoms with E-state index in [-0.39, 0.29) is 16.3 Å². The van der Waals surface area contributed by atoms with Crippen molar-refractivity contribution in [2.45, 2.75) is 25.1 Å². The van der Waals surface area contributed by atoms with Gasteiger partial charge in [-0.1, -0.05) is 0 Å². The van der Waals surface area contributed by atoms with Crippen LogP contribution in [-0.2, 0) is 6.54 Å². The number of ether oxygens (including phenoxy) is 1. The van der Waals surface area contributed by atoms with Crippen LogP contribution in [0.3, 0.4) is 0 Å². The van der Waals surface area contributed by atoms with Crippen molar-refractivity contribution in [3.05, 3.63) is 22.7 Å². The Labute approximate surface area is 121 Å². The van der Waals surface area contributed by atoms with E-state index in [0.717, 1.165) is 12.1 Å². The minimum absolute atomic E-state index is 0.0506. The molecule has 0 amide bonds. The van der Waals surface area contributed by atoms with E-state index in [4.69, 9.17) is 17.0 Å². The summed E-state index contributed by atoms with van der Waals surface area (Å²) in [6, 6.07) is 3.11. The highest BCUT2D eigenvalue weighted by molar-refractivity contribution is 7.99. The van der Waals surface area contributed by atoms with Crippen molar-refractivity contribution in [2.75, 3.05) is 13.4 Å². The van der Waals surface area contributed by atoms with E-state index >= 15 is 0 Å². The number of imidazole rings is 1. The van der Waals surface area contributed by atoms with Crippen LogP contribution in [0, 0.1) is 10.6 Å². The summed E-state index contributed by atoms with van der Waals surface area (Å²) in [5.41, 5.74) is 1.56. The molecule has 0 aliphatic carbocycles. The Kier molecular flexibility index (Phi) is 3.92. The number of H-pyrrole nitrogens is 1. The van der Waals surface area contributed by atoms with Gasteiger partial charge in [0.2, 0.25) is 0 Å². The van der Waals surface area contributed by atoms with Gasteiger partial charge in [0.05, 0.1) is 18.1 Å². The fourth-order valence-electron chi connectivity index (χ4n) is 1.92. The molecule has 0 atom stereocenters. The second-order valence-corrected chi connectivity index (χ2v) is 6.88. The zero-order valence-corrected chi connectivity index (χ0v) is 13.0. The number of aromatic amines is 1. The summed E-state index contributed by atoms with van der Waals surface area (Å²) in [5, 5.41) is 0. The molecule has 1 heterocycles. The molecule has 0 fully saturated rings. The van der Waals surface area contributed by atoms with E-state index < -0.39 is 0 Å². The van der Waals surface area contributed by atoms with Crippen LogP contribution in [0.5, 0.6) is 5.75 Å². The molecule has 3 nitrogen and oxygen atoms in total. The Bertz CT molecular complexity index is 660. The van der Waals surface area contributed by atoms with Gasteiger partial charge in [-0.3, -0.25) is 0 Å². The van der Waals surface area contributed by atoms with Crippen LogP contribution >= 0.6 is 24.0 Å². The zero-order valence-electron chi connectivity index (χ0n) is 11.4. The van der Waals surface area contributed by atoms with Gasteiger partial charge in [-0.2, -0.15) is 11.8 Å². The number of halogens is 1. The summed E-state index contributed by atoms with van der Waals surface area (Å²) in [6.45, 7) is 5.06. The van der Waals surface area contributed by atoms with Gasteiger partial charge >= 0.3 is 0 Å². The molecular weight excluding hydrogens is 283 g/mol. The molecule has 1 N–H and O–H groups in total. The van der Waals surface area contributed by atoms with Crippen molar-refractivity contribution in [1.29, 1.82) is 0 Å². The molecule has 0 saturated carbocycles. The molecule has 0 spiro atoms. The number of thioether (sulfide) groups is 1. The molecule has 1 aromatic heterocycles. The molecule has 6 heteroatoms. The lowest BCUT2D eigenvalue weighted by molar-refractivity contribution is 0.387. The standard InChI is InChI=1S/C13H17FN2OS2/c1-13(2,19-4)7-16-10-6-11(17-3)8(14)5-9(10)15-12(16)18/h5-6H,7H2,1-4H3,(H,15,18). The number of aromatic nitrogens is 2. The van der Waals surface area contributed by atoms with Gasteiger partial charge in [-0.25, -0.2) is 4.39 Å². The quantitative estimate of drug-likeness (QED) is 0.866. The Morgan fingerprint density at radius 3 is 2.74 bits per heavy atom. The molecule has 0 aliphatic rings. The highest BCUT2D eigenvalue weighted by atomic mass is 32.2. The molecule has 1 aromatic carbocycles. The maximum Gasteiger partial charge on any atom is 0.178 e. The van der Waals surface area contributed by atoms with Crippen LogP contribution in [0.15, 0.2) is 12.1 Å². The van der Waals surface area contributed by atoms with Crippen LogP contribution in [0.1, 0.15) is 13.8 Å². The van der Waals surface area contributed by atoms with Gasteiger partial charge in [-0.05, 0) is 32.3 Å². The summed E-state index contributed by atoms with van der Waals surface area (Å²) >= 11 is 7.10. The summed E-state index contributed by atoms with van der Waals surface area (Å²) in [4.78, 5) is 3.04. The van der Waals surface area contributed by atoms with Crippen LogP contribution < -0.4 is 4.74 Å². The predicted molar refractivity (Wildman–Crippen MR) is 81.2 cm³/mol. The minimum Gasteiger partial charge on any atom is -0.494 e. The Morgan fingerprint density at radius 2 is 2.16 bits per heavy atom. The van der Waals surface area contributed by atoms with Gasteiger partial charge in [-0.15, -0.1) is 0 Å². The van der Waals surface area contributed by atoms with Crippen molar-refractivity contribution in [2.24, 2.45) is 0 Å². The number of benzene rings is 1. The lowest BCUT2D eigenvalue weighted by Gasteiger charge is -2.22. The minimum atomic E-state index is -0.387. The van der Waals surface area contributed by atoms with E-state index in [9.17, 15) is 4.39 Å². The van der Waals surface area contributed by atoms with Crippen molar-refractivity contribution in [3.8, 4) is 5.75 Å². The maximum atomic E-state index is 13.7. The first-order valence-corrected chi connectivity index (χ1v) is 7.52. The van der Waals surface area contributed by atoms with Crippen molar-refractivity contribution >= 4 is 35.0 Å². The molecule has 0 radical (unpaired) electrons. The number of fused-ring (bicyclic) bond motifs is 1. The maximum absolute atomic E-state index is 13.7. The summed E-state index contributed by atoms with van der Waals surface area (Å²) in [7, 11) is 1.46. The molecule has 19 heavy (non-hydrogen) atoms. The molecular formula is C13H17FN2OS2. The molecule has 0 bridgehead atoms. The first-order chi connectivity index (χ1) is 8.88. The number of nitrogens with one attached hydrogen (secondary N) is 1. The Morgan fingerprint density at radius 1 is 1.47 bits per heavy atom. The lowest BCUT2D eigenvalue weighted by atomic mass is 10.2. The third-order valence-corrected chi connectivity index (χ3v) is 4.70. The highest BCUT2D eigenvalue weighted by Crippen LogP contribution is 2.29. The van der Waals surface area contributed by atoms with Crippen molar-refractivity contribution in [1.82, 2.24) is 9.55 Å². The van der Waals surface area contributed by atoms with E-state index in [1.54, 1.807) is 17.8 Å². The van der Waals surface area contributed by atoms with Gasteiger partial charge in [0, 0.05) is 23.4 Å². The predicted octanol–water partition coefficient (Wildman–Crippen LogP) is 3.99. The summed E-state index contributed by atoms with van der Waals surface area (Å²) in [5.74, 6) is -0.153. The second kappa shape index (κ2) is 5.17. The fraction of sp³-hybridized carbons (Fsp3) is 0.462. The van der Waals surface area contributed by atoms with E-state index in [1.807, 2.05) is 4.57 Å². The summed E-state index contributed by atoms with van der Waals surface area (Å²) in [6.07, 6.45) is 2.07. The average molecular weight is 300 g/mol. The van der Waals surface area contributed by atoms with Gasteiger partial charge in [0.1, 0.15) is 0 Å². The molecule has 0 aliphatic heterocycles. The van der Waals surface area contributed by atoms with E-state index in [1.165, 1.54) is 13.2 Å². The Balaban J connectivity index is 2.61. The van der Waals surface area contributed by atoms with Gasteiger partial charge < -0.3 is 14.3 Å². The molecule has 2 rings (SSSR count). The largest absolute Gasteiger partial charge is 0.494 e. The molecule has 104 valence electrons. The molecule has 0 unspecified atom stereocenters. The topological polar surface area (TPSA) is 29.9 Å². The highest BCUT2D eigenvalue weighted by Gasteiger charge is 2.19. The number of hydrogen-bond acceptors (Lipinski definition) is 3. The van der Waals surface area contributed by atoms with Gasteiger partial charge in [0.15, 0.2) is 16.3 Å². The van der Waals surface area contributed by atoms with Crippen molar-refractivity contribution in [3.63, 3.8) is 0 Å². The Hall–Kier alpha value is -1.01. The number of rotatable bonds is 4. The van der Waals surface area contributed by atoms with Crippen LogP contribution in [0.2, 0.25) is 0 Å². The number of methoxy groups -OCH3 is 1. The fourth-order valence-corrected chi connectivity index (χ4v) is 2.45. The first kappa shape index (κ1) is 14.4. The van der Waals surface area contributed by atoms with Crippen LogP contribution in [0.4, 0.5) is 4.39 Å². The lowest BCUT2D eigenvalue weighted by Crippen LogP contribution is -2.22. The van der Waals surface area contributed by atoms with Gasteiger partial charge in [0.25, 0.3) is 0 Å². The second-order valence-electron chi connectivity index (χ2n) is 4.98. The van der Waals surface area contributed by atoms with Crippen LogP contribution in [-0.4, -0.2) is 27.7 Å². The SMILES string of the molecule is COc1cc2c(cc1F)[nH]c(=S)n2CC(C)(C)SC. The monoisotopic (exact) mass is 300 g/mol. The van der Waals surface area contributed by atoms with E-state index in [2.05, 4.69) is 25.1 Å². The average Bonchev–Trinajstić information content (AvgIpc) is 2.64. The first-order valence-electron chi connectivity index (χ1n) is 5.89. The third-order valence-electron chi connectivity index (χ3n) is 3.14. The third kappa shape index (κ3) is 2.79. The summed E-state index contributed by atoms with van der Waals surface area (Å²) < 4.78 is 21.3. The van der Waals surface area contributed by atoms with Crippen LogP contribution in [0.25, 0.3) is 11.0 Å². The van der Waals surface area contributed by atoms with E-state index in [0.29, 0.717) is 10.3 Å². The zero-order chi connectivity index (χ0) is 14.2. The molecule has 2 aromatic rings. The normalized spacial score (nSPS) is 12.1. The molecule has 0 saturated heterocycles. The number of nitrogens with zero attached hydrogens (tertiary/aromatic N) is 1. The van der Waals surface area contributed by atoms with Crippen molar-refractivity contribution < 1.29 is 9.13 Å².